The molecule has 1 atom stereocenters. The highest BCUT2D eigenvalue weighted by molar-refractivity contribution is 6.30. The number of methoxy groups -OCH3 is 1. The van der Waals surface area contributed by atoms with Crippen molar-refractivity contribution in [3.63, 3.8) is 0 Å². The molecule has 140 valence electrons. The van der Waals surface area contributed by atoms with Crippen LogP contribution in [0.2, 0.25) is 5.15 Å². The third kappa shape index (κ3) is 4.44. The molecule has 1 fully saturated rings. The molecule has 6 nitrogen and oxygen atoms in total. The van der Waals surface area contributed by atoms with Gasteiger partial charge in [-0.05, 0) is 24.3 Å². The van der Waals surface area contributed by atoms with Crippen LogP contribution >= 0.6 is 11.6 Å². The molecule has 0 saturated carbocycles. The standard InChI is InChI=1S/C19H23ClN2O4/c1-3-18(23)22(11-16-12-25-6-7-26-16)10-14-8-13-9-15(24-2)4-5-17(13)21-19(14)20/h4-5,8-9,16H,3,6-7,10-12H2,1-2H3. The molecule has 0 radical (unpaired) electrons. The first-order valence-corrected chi connectivity index (χ1v) is 9.08. The summed E-state index contributed by atoms with van der Waals surface area (Å²) in [4.78, 5) is 18.6. The maximum absolute atomic E-state index is 12.4. The minimum Gasteiger partial charge on any atom is -0.497 e. The molecular formula is C19H23ClN2O4. The van der Waals surface area contributed by atoms with E-state index in [4.69, 9.17) is 25.8 Å². The van der Waals surface area contributed by atoms with Crippen molar-refractivity contribution in [2.45, 2.75) is 26.0 Å². The molecule has 1 aromatic heterocycles. The number of halogens is 1. The van der Waals surface area contributed by atoms with Crippen molar-refractivity contribution in [2.75, 3.05) is 33.5 Å². The van der Waals surface area contributed by atoms with Crippen LogP contribution in [0.5, 0.6) is 5.75 Å². The first-order chi connectivity index (χ1) is 12.6. The van der Waals surface area contributed by atoms with Gasteiger partial charge in [-0.1, -0.05) is 18.5 Å². The number of pyridine rings is 1. The molecule has 26 heavy (non-hydrogen) atoms. The van der Waals surface area contributed by atoms with Gasteiger partial charge in [0.2, 0.25) is 5.91 Å². The number of hydrogen-bond donors (Lipinski definition) is 0. The molecule has 7 heteroatoms. The van der Waals surface area contributed by atoms with E-state index in [0.29, 0.717) is 44.5 Å². The number of fused-ring (bicyclic) bond motifs is 1. The van der Waals surface area contributed by atoms with Gasteiger partial charge in [-0.2, -0.15) is 0 Å². The van der Waals surface area contributed by atoms with Gasteiger partial charge in [-0.3, -0.25) is 4.79 Å². The summed E-state index contributed by atoms with van der Waals surface area (Å²) in [5.74, 6) is 0.794. The number of amides is 1. The minimum atomic E-state index is -0.119. The van der Waals surface area contributed by atoms with Crippen molar-refractivity contribution in [1.29, 1.82) is 0 Å². The lowest BCUT2D eigenvalue weighted by atomic mass is 10.1. The van der Waals surface area contributed by atoms with E-state index in [9.17, 15) is 4.79 Å². The van der Waals surface area contributed by atoms with Gasteiger partial charge in [0.15, 0.2) is 0 Å². The first kappa shape index (κ1) is 18.9. The summed E-state index contributed by atoms with van der Waals surface area (Å²) in [6, 6.07) is 7.58. The van der Waals surface area contributed by atoms with E-state index in [1.165, 1.54) is 0 Å². The fraction of sp³-hybridized carbons (Fsp3) is 0.474. The van der Waals surface area contributed by atoms with Crippen LogP contribution < -0.4 is 4.74 Å². The van der Waals surface area contributed by atoms with Crippen LogP contribution in [0, 0.1) is 0 Å². The Bertz CT molecular complexity index is 777. The lowest BCUT2D eigenvalue weighted by Crippen LogP contribution is -2.42. The van der Waals surface area contributed by atoms with E-state index in [1.807, 2.05) is 31.2 Å². The zero-order chi connectivity index (χ0) is 18.5. The lowest BCUT2D eigenvalue weighted by molar-refractivity contribution is -0.138. The van der Waals surface area contributed by atoms with E-state index >= 15 is 0 Å². The van der Waals surface area contributed by atoms with Crippen LogP contribution in [0.25, 0.3) is 10.9 Å². The Morgan fingerprint density at radius 3 is 2.92 bits per heavy atom. The molecule has 0 aliphatic carbocycles. The van der Waals surface area contributed by atoms with Crippen molar-refractivity contribution >= 4 is 28.4 Å². The summed E-state index contributed by atoms with van der Waals surface area (Å²) in [6.07, 6.45) is 0.298. The van der Waals surface area contributed by atoms with E-state index in [1.54, 1.807) is 12.0 Å². The Balaban J connectivity index is 1.84. The third-order valence-electron chi connectivity index (χ3n) is 4.37. The monoisotopic (exact) mass is 378 g/mol. The summed E-state index contributed by atoms with van der Waals surface area (Å²) < 4.78 is 16.4. The summed E-state index contributed by atoms with van der Waals surface area (Å²) in [7, 11) is 1.62. The van der Waals surface area contributed by atoms with Crippen molar-refractivity contribution < 1.29 is 19.0 Å². The molecule has 2 heterocycles. The molecule has 3 rings (SSSR count). The molecule has 1 aliphatic heterocycles. The van der Waals surface area contributed by atoms with Crippen LogP contribution in [-0.2, 0) is 20.8 Å². The fourth-order valence-corrected chi connectivity index (χ4v) is 3.19. The molecule has 1 unspecified atom stereocenters. The van der Waals surface area contributed by atoms with Gasteiger partial charge in [0, 0.05) is 30.5 Å². The third-order valence-corrected chi connectivity index (χ3v) is 4.70. The average Bonchev–Trinajstić information content (AvgIpc) is 2.67. The van der Waals surface area contributed by atoms with Gasteiger partial charge < -0.3 is 19.1 Å². The Morgan fingerprint density at radius 2 is 2.23 bits per heavy atom. The second-order valence-corrected chi connectivity index (χ2v) is 6.55. The Morgan fingerprint density at radius 1 is 1.38 bits per heavy atom. The number of carbonyl (C=O) groups excluding carboxylic acids is 1. The number of hydrogen-bond acceptors (Lipinski definition) is 5. The maximum Gasteiger partial charge on any atom is 0.222 e. The van der Waals surface area contributed by atoms with Crippen LogP contribution in [0.3, 0.4) is 0 Å². The Hall–Kier alpha value is -1.89. The van der Waals surface area contributed by atoms with Crippen LogP contribution in [0.4, 0.5) is 0 Å². The van der Waals surface area contributed by atoms with Gasteiger partial charge in [-0.25, -0.2) is 4.98 Å². The highest BCUT2D eigenvalue weighted by atomic mass is 35.5. The smallest absolute Gasteiger partial charge is 0.222 e. The topological polar surface area (TPSA) is 60.9 Å². The predicted molar refractivity (Wildman–Crippen MR) is 99.6 cm³/mol. The van der Waals surface area contributed by atoms with Gasteiger partial charge >= 0.3 is 0 Å². The van der Waals surface area contributed by atoms with Gasteiger partial charge in [0.1, 0.15) is 10.9 Å². The number of aromatic nitrogens is 1. The summed E-state index contributed by atoms with van der Waals surface area (Å²) in [6.45, 7) is 4.34. The zero-order valence-corrected chi connectivity index (χ0v) is 15.8. The van der Waals surface area contributed by atoms with Crippen LogP contribution in [0.15, 0.2) is 24.3 Å². The molecule has 2 aromatic rings. The fourth-order valence-electron chi connectivity index (χ4n) is 2.98. The van der Waals surface area contributed by atoms with Crippen LogP contribution in [-0.4, -0.2) is 55.4 Å². The second kappa shape index (κ2) is 8.66. The molecule has 0 bridgehead atoms. The summed E-state index contributed by atoms with van der Waals surface area (Å²) in [5.41, 5.74) is 1.59. The summed E-state index contributed by atoms with van der Waals surface area (Å²) in [5, 5.41) is 1.32. The average molecular weight is 379 g/mol. The quantitative estimate of drug-likeness (QED) is 0.723. The highest BCUT2D eigenvalue weighted by Crippen LogP contribution is 2.25. The minimum absolute atomic E-state index is 0.0426. The largest absolute Gasteiger partial charge is 0.497 e. The molecule has 1 amide bonds. The normalized spacial score (nSPS) is 17.3. The van der Waals surface area contributed by atoms with Crippen molar-refractivity contribution in [1.82, 2.24) is 9.88 Å². The maximum atomic E-state index is 12.4. The highest BCUT2D eigenvalue weighted by Gasteiger charge is 2.22. The van der Waals surface area contributed by atoms with E-state index in [2.05, 4.69) is 4.98 Å². The number of carbonyl (C=O) groups is 1. The van der Waals surface area contributed by atoms with Crippen molar-refractivity contribution in [3.05, 3.63) is 35.0 Å². The Labute approximate surface area is 158 Å². The van der Waals surface area contributed by atoms with Gasteiger partial charge in [0.25, 0.3) is 0 Å². The molecule has 1 aliphatic rings. The number of nitrogens with zero attached hydrogens (tertiary/aromatic N) is 2. The zero-order valence-electron chi connectivity index (χ0n) is 15.0. The molecule has 1 aromatic carbocycles. The number of rotatable bonds is 6. The van der Waals surface area contributed by atoms with Crippen LogP contribution in [0.1, 0.15) is 18.9 Å². The van der Waals surface area contributed by atoms with E-state index in [-0.39, 0.29) is 12.0 Å². The van der Waals surface area contributed by atoms with Gasteiger partial charge in [-0.15, -0.1) is 0 Å². The van der Waals surface area contributed by atoms with E-state index < -0.39 is 0 Å². The van der Waals surface area contributed by atoms with Gasteiger partial charge in [0.05, 0.1) is 38.6 Å². The van der Waals surface area contributed by atoms with E-state index in [0.717, 1.165) is 22.2 Å². The number of benzene rings is 1. The molecule has 0 spiro atoms. The molecule has 1 saturated heterocycles. The van der Waals surface area contributed by atoms with Crippen molar-refractivity contribution in [3.8, 4) is 5.75 Å². The Kier molecular flexibility index (Phi) is 6.29. The molecule has 0 N–H and O–H groups in total. The second-order valence-electron chi connectivity index (χ2n) is 6.19. The summed E-state index contributed by atoms with van der Waals surface area (Å²) >= 11 is 6.38. The number of ether oxygens (including phenoxy) is 3. The predicted octanol–water partition coefficient (Wildman–Crippen LogP) is 3.05. The van der Waals surface area contributed by atoms with Crippen molar-refractivity contribution in [2.24, 2.45) is 0 Å². The molecular weight excluding hydrogens is 356 g/mol. The SMILES string of the molecule is CCC(=O)N(Cc1cc2cc(OC)ccc2nc1Cl)CC1COCCO1. The lowest BCUT2D eigenvalue weighted by Gasteiger charge is -2.30. The first-order valence-electron chi connectivity index (χ1n) is 8.71.